The Hall–Kier alpha value is -0.130. The minimum Gasteiger partial charge on any atom is -0.314 e. The summed E-state index contributed by atoms with van der Waals surface area (Å²) >= 11 is 5.86. The van der Waals surface area contributed by atoms with Gasteiger partial charge in [-0.3, -0.25) is 4.90 Å². The molecule has 0 spiro atoms. The van der Waals surface area contributed by atoms with Crippen molar-refractivity contribution in [1.82, 2.24) is 10.2 Å². The first-order chi connectivity index (χ1) is 10.0. The molecule has 1 aliphatic rings. The van der Waals surface area contributed by atoms with Crippen LogP contribution in [0.15, 0.2) is 12.1 Å². The molecule has 2 rings (SSSR count). The van der Waals surface area contributed by atoms with Gasteiger partial charge < -0.3 is 5.32 Å². The first kappa shape index (κ1) is 22.9. The van der Waals surface area contributed by atoms with Crippen LogP contribution in [-0.2, 0) is 0 Å². The molecule has 2 nitrogen and oxygen atoms in total. The molecule has 0 saturated carbocycles. The third-order valence-electron chi connectivity index (χ3n) is 4.02. The maximum Gasteiger partial charge on any atom is 0.149 e. The number of halogens is 5. The predicted octanol–water partition coefficient (Wildman–Crippen LogP) is 4.84. The van der Waals surface area contributed by atoms with E-state index in [-0.39, 0.29) is 41.4 Å². The highest BCUT2D eigenvalue weighted by Gasteiger charge is 2.28. The summed E-state index contributed by atoms with van der Waals surface area (Å²) in [5.41, 5.74) is 0.130. The van der Waals surface area contributed by atoms with Gasteiger partial charge in [0.25, 0.3) is 0 Å². The van der Waals surface area contributed by atoms with Gasteiger partial charge in [0.05, 0.1) is 5.02 Å². The van der Waals surface area contributed by atoms with Crippen molar-refractivity contribution in [3.05, 3.63) is 34.4 Å². The minimum atomic E-state index is -0.607. The van der Waals surface area contributed by atoms with Crippen LogP contribution < -0.4 is 5.32 Å². The molecule has 23 heavy (non-hydrogen) atoms. The van der Waals surface area contributed by atoms with Crippen LogP contribution in [0.5, 0.6) is 0 Å². The van der Waals surface area contributed by atoms with Crippen molar-refractivity contribution in [3.8, 4) is 0 Å². The fraction of sp³-hybridized carbons (Fsp3) is 0.625. The number of hydrogen-bond donors (Lipinski definition) is 1. The van der Waals surface area contributed by atoms with Crippen LogP contribution in [0.25, 0.3) is 0 Å². The van der Waals surface area contributed by atoms with Crippen molar-refractivity contribution >= 4 is 36.4 Å². The van der Waals surface area contributed by atoms with Gasteiger partial charge in [0, 0.05) is 37.8 Å². The van der Waals surface area contributed by atoms with E-state index in [1.807, 2.05) is 0 Å². The van der Waals surface area contributed by atoms with Crippen molar-refractivity contribution in [2.24, 2.45) is 5.92 Å². The van der Waals surface area contributed by atoms with Crippen LogP contribution in [0.3, 0.4) is 0 Å². The Labute approximate surface area is 154 Å². The summed E-state index contributed by atoms with van der Waals surface area (Å²) < 4.78 is 28.6. The normalized spacial score (nSPS) is 16.6. The number of hydrogen-bond acceptors (Lipinski definition) is 2. The molecule has 134 valence electrons. The Morgan fingerprint density at radius 2 is 1.74 bits per heavy atom. The summed E-state index contributed by atoms with van der Waals surface area (Å²) in [6.07, 6.45) is 1.67. The van der Waals surface area contributed by atoms with Gasteiger partial charge in [-0.1, -0.05) is 25.4 Å². The van der Waals surface area contributed by atoms with Crippen LogP contribution in [-0.4, -0.2) is 31.1 Å². The maximum absolute atomic E-state index is 14.4. The van der Waals surface area contributed by atoms with E-state index < -0.39 is 11.6 Å². The lowest BCUT2D eigenvalue weighted by Gasteiger charge is -2.36. The number of benzene rings is 1. The van der Waals surface area contributed by atoms with Gasteiger partial charge in [0.15, 0.2) is 0 Å². The van der Waals surface area contributed by atoms with Crippen LogP contribution in [0, 0.1) is 17.6 Å². The van der Waals surface area contributed by atoms with Crippen molar-refractivity contribution < 1.29 is 8.78 Å². The van der Waals surface area contributed by atoms with Crippen LogP contribution in [0.2, 0.25) is 5.02 Å². The summed E-state index contributed by atoms with van der Waals surface area (Å²) in [6.45, 7) is 7.55. The minimum absolute atomic E-state index is 0. The fourth-order valence-corrected chi connectivity index (χ4v) is 3.01. The van der Waals surface area contributed by atoms with Gasteiger partial charge in [0.2, 0.25) is 0 Å². The molecule has 0 unspecified atom stereocenters. The molecule has 1 heterocycles. The molecule has 1 fully saturated rings. The molecular weight excluding hydrogens is 365 g/mol. The molecule has 1 atom stereocenters. The van der Waals surface area contributed by atoms with Crippen molar-refractivity contribution in [2.75, 3.05) is 26.2 Å². The monoisotopic (exact) mass is 388 g/mol. The van der Waals surface area contributed by atoms with Crippen molar-refractivity contribution in [2.45, 2.75) is 32.7 Å². The molecule has 1 saturated heterocycles. The number of piperazine rings is 1. The Kier molecular flexibility index (Phi) is 10.6. The lowest BCUT2D eigenvalue weighted by molar-refractivity contribution is 0.153. The molecule has 0 amide bonds. The topological polar surface area (TPSA) is 15.3 Å². The number of nitrogens with one attached hydrogen (secondary N) is 1. The van der Waals surface area contributed by atoms with Crippen LogP contribution in [0.1, 0.15) is 38.3 Å². The highest BCUT2D eigenvalue weighted by atomic mass is 35.5. The summed E-state index contributed by atoms with van der Waals surface area (Å²) in [5, 5.41) is 3.27. The Morgan fingerprint density at radius 1 is 1.13 bits per heavy atom. The average molecular weight is 390 g/mol. The first-order valence-electron chi connectivity index (χ1n) is 7.59. The second-order valence-electron chi connectivity index (χ2n) is 6.03. The largest absolute Gasteiger partial charge is 0.314 e. The van der Waals surface area contributed by atoms with Crippen molar-refractivity contribution in [3.63, 3.8) is 0 Å². The third-order valence-corrected chi connectivity index (χ3v) is 4.31. The summed E-state index contributed by atoms with van der Waals surface area (Å²) in [7, 11) is 0. The summed E-state index contributed by atoms with van der Waals surface area (Å²) in [5.74, 6) is -0.603. The predicted molar refractivity (Wildman–Crippen MR) is 97.1 cm³/mol. The van der Waals surface area contributed by atoms with Gasteiger partial charge in [-0.15, -0.1) is 24.8 Å². The lowest BCUT2D eigenvalue weighted by Crippen LogP contribution is -2.45. The zero-order valence-electron chi connectivity index (χ0n) is 13.4. The molecule has 0 bridgehead atoms. The van der Waals surface area contributed by atoms with Crippen molar-refractivity contribution in [1.29, 1.82) is 0 Å². The van der Waals surface area contributed by atoms with E-state index in [0.29, 0.717) is 5.92 Å². The lowest BCUT2D eigenvalue weighted by atomic mass is 9.95. The Bertz CT molecular complexity index is 481. The summed E-state index contributed by atoms with van der Waals surface area (Å²) in [6, 6.07) is 2.31. The van der Waals surface area contributed by atoms with Crippen LogP contribution in [0.4, 0.5) is 8.78 Å². The zero-order chi connectivity index (χ0) is 15.4. The Balaban J connectivity index is 0.00000242. The molecule has 1 aromatic carbocycles. The highest BCUT2D eigenvalue weighted by Crippen LogP contribution is 2.34. The van der Waals surface area contributed by atoms with Gasteiger partial charge in [0.1, 0.15) is 11.6 Å². The molecule has 1 aromatic rings. The smallest absolute Gasteiger partial charge is 0.149 e. The first-order valence-corrected chi connectivity index (χ1v) is 7.96. The summed E-state index contributed by atoms with van der Waals surface area (Å²) in [4.78, 5) is 2.16. The van der Waals surface area contributed by atoms with Gasteiger partial charge in [-0.05, 0) is 30.9 Å². The number of nitrogens with zero attached hydrogens (tertiary/aromatic N) is 1. The molecule has 7 heteroatoms. The SMILES string of the molecule is CC(C)CC[C@H](c1c(F)ccc(Cl)c1F)N1CCNCC1.Cl.Cl. The standard InChI is InChI=1S/C16H23ClF2N2.2ClH/c1-11(2)3-6-14(21-9-7-20-8-10-21)15-13(18)5-4-12(17)16(15)19;;/h4-5,11,14,20H,3,6-10H2,1-2H3;2*1H/t14-;;/m1../s1. The highest BCUT2D eigenvalue weighted by molar-refractivity contribution is 6.30. The van der Waals surface area contributed by atoms with Gasteiger partial charge in [-0.2, -0.15) is 0 Å². The van der Waals surface area contributed by atoms with E-state index in [1.165, 1.54) is 12.1 Å². The molecular formula is C16H25Cl3F2N2. The van der Waals surface area contributed by atoms with E-state index in [9.17, 15) is 8.78 Å². The molecule has 0 radical (unpaired) electrons. The van der Waals surface area contributed by atoms with Gasteiger partial charge >= 0.3 is 0 Å². The van der Waals surface area contributed by atoms with E-state index in [1.54, 1.807) is 0 Å². The van der Waals surface area contributed by atoms with Gasteiger partial charge in [-0.25, -0.2) is 8.78 Å². The molecule has 1 aliphatic heterocycles. The van der Waals surface area contributed by atoms with E-state index in [4.69, 9.17) is 11.6 Å². The Morgan fingerprint density at radius 3 is 2.30 bits per heavy atom. The third kappa shape index (κ3) is 6.02. The van der Waals surface area contributed by atoms with E-state index in [0.717, 1.165) is 39.0 Å². The maximum atomic E-state index is 14.4. The zero-order valence-corrected chi connectivity index (χ0v) is 15.8. The average Bonchev–Trinajstić information content (AvgIpc) is 2.47. The van der Waals surface area contributed by atoms with Crippen LogP contribution >= 0.6 is 36.4 Å². The van der Waals surface area contributed by atoms with E-state index in [2.05, 4.69) is 24.1 Å². The quantitative estimate of drug-likeness (QED) is 0.725. The fourth-order valence-electron chi connectivity index (χ4n) is 2.84. The molecule has 0 aliphatic carbocycles. The molecule has 1 N–H and O–H groups in total. The van der Waals surface area contributed by atoms with E-state index >= 15 is 0 Å². The second-order valence-corrected chi connectivity index (χ2v) is 6.44. The number of rotatable bonds is 5. The second kappa shape index (κ2) is 10.7. The molecule has 0 aromatic heterocycles.